The highest BCUT2D eigenvalue weighted by atomic mass is 16.4. The Balaban J connectivity index is 1.70. The number of nitrogens with zero attached hydrogens (tertiary/aromatic N) is 1. The average Bonchev–Trinajstić information content (AvgIpc) is 2.92. The molecule has 0 aromatic heterocycles. The lowest BCUT2D eigenvalue weighted by atomic mass is 9.99. The van der Waals surface area contributed by atoms with Crippen molar-refractivity contribution in [3.8, 4) is 11.1 Å². The number of carboxylic acid groups (broad SMARTS) is 1. The van der Waals surface area contributed by atoms with E-state index in [2.05, 4.69) is 5.32 Å². The molecule has 0 aliphatic carbocycles. The molecular formula is C20H14N2O6. The zero-order chi connectivity index (χ0) is 20.0. The van der Waals surface area contributed by atoms with Gasteiger partial charge in [0.05, 0.1) is 16.7 Å². The molecule has 2 aromatic carbocycles. The van der Waals surface area contributed by atoms with Crippen LogP contribution in [-0.2, 0) is 9.59 Å². The van der Waals surface area contributed by atoms with Gasteiger partial charge in [0.15, 0.2) is 0 Å². The summed E-state index contributed by atoms with van der Waals surface area (Å²) < 4.78 is 0. The van der Waals surface area contributed by atoms with E-state index in [1.165, 1.54) is 24.3 Å². The lowest BCUT2D eigenvalue weighted by Crippen LogP contribution is -2.54. The monoisotopic (exact) mass is 378 g/mol. The second-order valence-electron chi connectivity index (χ2n) is 6.59. The predicted molar refractivity (Wildman–Crippen MR) is 95.5 cm³/mol. The molecule has 1 atom stereocenters. The molecule has 2 aliphatic rings. The highest BCUT2D eigenvalue weighted by Crippen LogP contribution is 2.31. The minimum absolute atomic E-state index is 0.0526. The standard InChI is InChI=1S/C20H14N2O6/c23-16-7-6-15(17(24)21-16)22-18(25)13-5-4-11(9-14(13)19(22)26)10-2-1-3-12(8-10)20(27)28/h1-5,8-9,15H,6-7H2,(H,27,28)(H,21,23,24). The number of amides is 4. The fraction of sp³-hybridized carbons (Fsp3) is 0.150. The number of imide groups is 2. The summed E-state index contributed by atoms with van der Waals surface area (Å²) in [6, 6.07) is 9.83. The summed E-state index contributed by atoms with van der Waals surface area (Å²) in [4.78, 5) is 61.0. The summed E-state index contributed by atoms with van der Waals surface area (Å²) in [6.45, 7) is 0. The van der Waals surface area contributed by atoms with E-state index in [0.29, 0.717) is 11.1 Å². The molecule has 0 radical (unpaired) electrons. The third-order valence-electron chi connectivity index (χ3n) is 4.88. The largest absolute Gasteiger partial charge is 0.478 e. The summed E-state index contributed by atoms with van der Waals surface area (Å²) in [7, 11) is 0. The fourth-order valence-corrected chi connectivity index (χ4v) is 3.48. The summed E-state index contributed by atoms with van der Waals surface area (Å²) in [5.74, 6) is -3.36. The van der Waals surface area contributed by atoms with Crippen LogP contribution < -0.4 is 5.32 Å². The number of carbonyl (C=O) groups is 5. The summed E-state index contributed by atoms with van der Waals surface area (Å²) >= 11 is 0. The Morgan fingerprint density at radius 3 is 2.39 bits per heavy atom. The van der Waals surface area contributed by atoms with Gasteiger partial charge in [0.2, 0.25) is 11.8 Å². The van der Waals surface area contributed by atoms with Crippen LogP contribution in [0.2, 0.25) is 0 Å². The third kappa shape index (κ3) is 2.75. The molecule has 0 bridgehead atoms. The number of rotatable bonds is 3. The van der Waals surface area contributed by atoms with Crippen LogP contribution in [0.5, 0.6) is 0 Å². The van der Waals surface area contributed by atoms with Gasteiger partial charge < -0.3 is 5.11 Å². The van der Waals surface area contributed by atoms with Crippen LogP contribution in [-0.4, -0.2) is 45.6 Å². The summed E-state index contributed by atoms with van der Waals surface area (Å²) in [5, 5.41) is 11.3. The third-order valence-corrected chi connectivity index (χ3v) is 4.88. The van der Waals surface area contributed by atoms with E-state index in [1.54, 1.807) is 18.2 Å². The molecule has 2 aliphatic heterocycles. The van der Waals surface area contributed by atoms with Gasteiger partial charge in [0, 0.05) is 6.42 Å². The number of carboxylic acids is 1. The first-order chi connectivity index (χ1) is 13.4. The molecular weight excluding hydrogens is 364 g/mol. The number of fused-ring (bicyclic) bond motifs is 1. The van der Waals surface area contributed by atoms with E-state index in [9.17, 15) is 24.0 Å². The molecule has 1 saturated heterocycles. The van der Waals surface area contributed by atoms with Gasteiger partial charge in [0.25, 0.3) is 11.8 Å². The van der Waals surface area contributed by atoms with Crippen molar-refractivity contribution < 1.29 is 29.1 Å². The van der Waals surface area contributed by atoms with Crippen molar-refractivity contribution in [3.63, 3.8) is 0 Å². The first-order valence-corrected chi connectivity index (χ1v) is 8.56. The van der Waals surface area contributed by atoms with Gasteiger partial charge in [-0.2, -0.15) is 0 Å². The summed E-state index contributed by atoms with van der Waals surface area (Å²) in [6.07, 6.45) is 0.140. The minimum atomic E-state index is -1.07. The molecule has 1 unspecified atom stereocenters. The van der Waals surface area contributed by atoms with Gasteiger partial charge in [-0.3, -0.25) is 29.4 Å². The number of piperidine rings is 1. The van der Waals surface area contributed by atoms with Crippen LogP contribution >= 0.6 is 0 Å². The molecule has 8 heteroatoms. The van der Waals surface area contributed by atoms with Crippen LogP contribution in [0.15, 0.2) is 42.5 Å². The van der Waals surface area contributed by atoms with E-state index in [4.69, 9.17) is 5.11 Å². The first kappa shape index (κ1) is 17.6. The van der Waals surface area contributed by atoms with Crippen molar-refractivity contribution >= 4 is 29.6 Å². The Morgan fingerprint density at radius 2 is 1.68 bits per heavy atom. The number of hydrogen-bond acceptors (Lipinski definition) is 5. The van der Waals surface area contributed by atoms with E-state index >= 15 is 0 Å². The Kier molecular flexibility index (Phi) is 4.03. The second-order valence-corrected chi connectivity index (χ2v) is 6.59. The quantitative estimate of drug-likeness (QED) is 0.780. The van der Waals surface area contributed by atoms with E-state index in [1.807, 2.05) is 0 Å². The first-order valence-electron chi connectivity index (χ1n) is 8.56. The molecule has 0 saturated carbocycles. The van der Waals surface area contributed by atoms with Crippen molar-refractivity contribution in [2.45, 2.75) is 18.9 Å². The topological polar surface area (TPSA) is 121 Å². The van der Waals surface area contributed by atoms with Crippen LogP contribution in [0.4, 0.5) is 0 Å². The number of aromatic carboxylic acids is 1. The van der Waals surface area contributed by atoms with E-state index in [0.717, 1.165) is 4.90 Å². The van der Waals surface area contributed by atoms with Gasteiger partial charge in [-0.1, -0.05) is 18.2 Å². The Labute approximate surface area is 158 Å². The van der Waals surface area contributed by atoms with Crippen LogP contribution in [0, 0.1) is 0 Å². The highest BCUT2D eigenvalue weighted by molar-refractivity contribution is 6.23. The summed E-state index contributed by atoms with van der Waals surface area (Å²) in [5.41, 5.74) is 1.59. The van der Waals surface area contributed by atoms with Gasteiger partial charge in [-0.15, -0.1) is 0 Å². The van der Waals surface area contributed by atoms with Gasteiger partial charge >= 0.3 is 5.97 Å². The Hall–Kier alpha value is -3.81. The average molecular weight is 378 g/mol. The Morgan fingerprint density at radius 1 is 0.964 bits per heavy atom. The maximum Gasteiger partial charge on any atom is 0.335 e. The maximum absolute atomic E-state index is 12.8. The predicted octanol–water partition coefficient (Wildman–Crippen LogP) is 1.45. The van der Waals surface area contributed by atoms with Crippen molar-refractivity contribution in [2.24, 2.45) is 0 Å². The lowest BCUT2D eigenvalue weighted by molar-refractivity contribution is -0.136. The van der Waals surface area contributed by atoms with Crippen molar-refractivity contribution in [1.29, 1.82) is 0 Å². The molecule has 4 rings (SSSR count). The normalized spacial score (nSPS) is 18.9. The molecule has 2 aromatic rings. The van der Waals surface area contributed by atoms with Crippen LogP contribution in [0.25, 0.3) is 11.1 Å². The molecule has 0 spiro atoms. The molecule has 2 heterocycles. The van der Waals surface area contributed by atoms with E-state index < -0.39 is 35.6 Å². The van der Waals surface area contributed by atoms with Crippen molar-refractivity contribution in [3.05, 3.63) is 59.2 Å². The lowest BCUT2D eigenvalue weighted by Gasteiger charge is -2.27. The Bertz CT molecular complexity index is 1070. The number of hydrogen-bond donors (Lipinski definition) is 2. The van der Waals surface area contributed by atoms with Crippen molar-refractivity contribution in [1.82, 2.24) is 10.2 Å². The molecule has 4 amide bonds. The van der Waals surface area contributed by atoms with Crippen LogP contribution in [0.1, 0.15) is 43.9 Å². The maximum atomic E-state index is 12.8. The zero-order valence-corrected chi connectivity index (χ0v) is 14.5. The number of nitrogens with one attached hydrogen (secondary N) is 1. The van der Waals surface area contributed by atoms with Crippen LogP contribution in [0.3, 0.4) is 0 Å². The van der Waals surface area contributed by atoms with Gasteiger partial charge in [-0.25, -0.2) is 4.79 Å². The number of benzene rings is 2. The molecule has 8 nitrogen and oxygen atoms in total. The fourth-order valence-electron chi connectivity index (χ4n) is 3.48. The zero-order valence-electron chi connectivity index (χ0n) is 14.5. The molecule has 140 valence electrons. The number of carbonyl (C=O) groups excluding carboxylic acids is 4. The smallest absolute Gasteiger partial charge is 0.335 e. The van der Waals surface area contributed by atoms with Crippen molar-refractivity contribution in [2.75, 3.05) is 0 Å². The van der Waals surface area contributed by atoms with E-state index in [-0.39, 0.29) is 29.5 Å². The SMILES string of the molecule is O=C1CCC(N2C(=O)c3ccc(-c4cccc(C(=O)O)c4)cc3C2=O)C(=O)N1. The minimum Gasteiger partial charge on any atom is -0.478 e. The van der Waals surface area contributed by atoms with Gasteiger partial charge in [0.1, 0.15) is 6.04 Å². The second kappa shape index (κ2) is 6.41. The van der Waals surface area contributed by atoms with Gasteiger partial charge in [-0.05, 0) is 41.8 Å². The molecule has 28 heavy (non-hydrogen) atoms. The molecule has 2 N–H and O–H groups in total. The molecule has 1 fully saturated rings. The highest BCUT2D eigenvalue weighted by Gasteiger charge is 2.44.